The van der Waals surface area contributed by atoms with Crippen LogP contribution in [0.25, 0.3) is 0 Å². The first-order valence-electron chi connectivity index (χ1n) is 5.29. The molecule has 1 aromatic rings. The number of nitrogens with two attached hydrogens (primary N) is 1. The summed E-state index contributed by atoms with van der Waals surface area (Å²) in [5.41, 5.74) is 8.35. The van der Waals surface area contributed by atoms with Crippen molar-refractivity contribution in [3.63, 3.8) is 0 Å². The molecule has 0 radical (unpaired) electrons. The van der Waals surface area contributed by atoms with Crippen molar-refractivity contribution in [2.24, 2.45) is 5.73 Å². The number of hydrogen-bond donors (Lipinski definition) is 1. The lowest BCUT2D eigenvalue weighted by molar-refractivity contribution is 0.543. The molecule has 1 aliphatic rings. The van der Waals surface area contributed by atoms with Crippen molar-refractivity contribution < 1.29 is 0 Å². The zero-order chi connectivity index (χ0) is 10.1. The molecule has 2 N–H and O–H groups in total. The van der Waals surface area contributed by atoms with E-state index in [4.69, 9.17) is 5.73 Å². The van der Waals surface area contributed by atoms with Crippen molar-refractivity contribution in [2.75, 3.05) is 0 Å². The average molecular weight is 191 g/mol. The van der Waals surface area contributed by atoms with E-state index in [0.29, 0.717) is 5.92 Å². The SMILES string of the molecule is CC(C)c1ncc2c(n1)C(N)CCC2. The molecule has 0 spiro atoms. The van der Waals surface area contributed by atoms with Gasteiger partial charge < -0.3 is 5.73 Å². The van der Waals surface area contributed by atoms with Crippen LogP contribution in [0.4, 0.5) is 0 Å². The second-order valence-electron chi connectivity index (χ2n) is 4.29. The molecule has 1 heterocycles. The van der Waals surface area contributed by atoms with Gasteiger partial charge in [0.05, 0.1) is 5.69 Å². The lowest BCUT2D eigenvalue weighted by atomic mass is 9.93. The molecule has 0 amide bonds. The summed E-state index contributed by atoms with van der Waals surface area (Å²) in [4.78, 5) is 8.92. The van der Waals surface area contributed by atoms with Crippen LogP contribution < -0.4 is 5.73 Å². The lowest BCUT2D eigenvalue weighted by Crippen LogP contribution is -2.20. The van der Waals surface area contributed by atoms with Crippen LogP contribution in [0, 0.1) is 0 Å². The number of rotatable bonds is 1. The van der Waals surface area contributed by atoms with Crippen molar-refractivity contribution in [1.82, 2.24) is 9.97 Å². The minimum absolute atomic E-state index is 0.124. The van der Waals surface area contributed by atoms with Crippen LogP contribution in [-0.2, 0) is 6.42 Å². The van der Waals surface area contributed by atoms with Crippen LogP contribution in [0.1, 0.15) is 55.7 Å². The summed E-state index contributed by atoms with van der Waals surface area (Å²) >= 11 is 0. The van der Waals surface area contributed by atoms with Crippen LogP contribution >= 0.6 is 0 Å². The van der Waals surface area contributed by atoms with Gasteiger partial charge in [0, 0.05) is 18.2 Å². The summed E-state index contributed by atoms with van der Waals surface area (Å²) in [5.74, 6) is 1.30. The first kappa shape index (κ1) is 9.59. The Morgan fingerprint density at radius 3 is 3.00 bits per heavy atom. The molecular formula is C11H17N3. The molecule has 0 aromatic carbocycles. The molecule has 0 bridgehead atoms. The zero-order valence-electron chi connectivity index (χ0n) is 8.83. The van der Waals surface area contributed by atoms with Crippen molar-refractivity contribution in [2.45, 2.75) is 45.1 Å². The highest BCUT2D eigenvalue weighted by atomic mass is 14.9. The molecule has 1 unspecified atom stereocenters. The second kappa shape index (κ2) is 3.65. The number of aromatic nitrogens is 2. The summed E-state index contributed by atoms with van der Waals surface area (Å²) in [6.07, 6.45) is 5.26. The van der Waals surface area contributed by atoms with Gasteiger partial charge in [-0.15, -0.1) is 0 Å². The highest BCUT2D eigenvalue weighted by molar-refractivity contribution is 5.24. The van der Waals surface area contributed by atoms with Crippen molar-refractivity contribution in [3.8, 4) is 0 Å². The Balaban J connectivity index is 2.41. The number of fused-ring (bicyclic) bond motifs is 1. The summed E-state index contributed by atoms with van der Waals surface area (Å²) in [6, 6.07) is 0.124. The monoisotopic (exact) mass is 191 g/mol. The zero-order valence-corrected chi connectivity index (χ0v) is 8.83. The van der Waals surface area contributed by atoms with E-state index in [0.717, 1.165) is 24.4 Å². The molecule has 1 aromatic heterocycles. The van der Waals surface area contributed by atoms with Gasteiger partial charge in [-0.05, 0) is 24.8 Å². The summed E-state index contributed by atoms with van der Waals surface area (Å²) in [5, 5.41) is 0. The Morgan fingerprint density at radius 1 is 1.50 bits per heavy atom. The molecule has 3 nitrogen and oxygen atoms in total. The summed E-state index contributed by atoms with van der Waals surface area (Å²) in [7, 11) is 0. The lowest BCUT2D eigenvalue weighted by Gasteiger charge is -2.21. The predicted molar refractivity (Wildman–Crippen MR) is 56.0 cm³/mol. The van der Waals surface area contributed by atoms with Gasteiger partial charge in [0.1, 0.15) is 5.82 Å². The minimum atomic E-state index is 0.124. The molecule has 0 aliphatic heterocycles. The number of nitrogens with zero attached hydrogens (tertiary/aromatic N) is 2. The van der Waals surface area contributed by atoms with Crippen LogP contribution in [-0.4, -0.2) is 9.97 Å². The standard InChI is InChI=1S/C11H17N3/c1-7(2)11-13-6-8-4-3-5-9(12)10(8)14-11/h6-7,9H,3-5,12H2,1-2H3. The molecule has 0 saturated carbocycles. The topological polar surface area (TPSA) is 51.8 Å². The molecule has 0 saturated heterocycles. The fourth-order valence-electron chi connectivity index (χ4n) is 1.88. The quantitative estimate of drug-likeness (QED) is 0.738. The van der Waals surface area contributed by atoms with E-state index in [1.165, 1.54) is 12.0 Å². The van der Waals surface area contributed by atoms with Crippen molar-refractivity contribution >= 4 is 0 Å². The van der Waals surface area contributed by atoms with Gasteiger partial charge in [0.2, 0.25) is 0 Å². The largest absolute Gasteiger partial charge is 0.323 e. The summed E-state index contributed by atoms with van der Waals surface area (Å²) in [6.45, 7) is 4.21. The molecule has 2 rings (SSSR count). The van der Waals surface area contributed by atoms with E-state index in [2.05, 4.69) is 23.8 Å². The van der Waals surface area contributed by atoms with Gasteiger partial charge in [0.25, 0.3) is 0 Å². The first-order chi connectivity index (χ1) is 6.68. The van der Waals surface area contributed by atoms with E-state index in [9.17, 15) is 0 Å². The first-order valence-corrected chi connectivity index (χ1v) is 5.29. The third kappa shape index (κ3) is 1.64. The highest BCUT2D eigenvalue weighted by Crippen LogP contribution is 2.26. The van der Waals surface area contributed by atoms with Gasteiger partial charge in [-0.1, -0.05) is 13.8 Å². The molecule has 3 heteroatoms. The van der Waals surface area contributed by atoms with Crippen molar-refractivity contribution in [1.29, 1.82) is 0 Å². The van der Waals surface area contributed by atoms with Gasteiger partial charge in [0.15, 0.2) is 0 Å². The van der Waals surface area contributed by atoms with Gasteiger partial charge in [-0.2, -0.15) is 0 Å². The fourth-order valence-corrected chi connectivity index (χ4v) is 1.88. The van der Waals surface area contributed by atoms with Crippen LogP contribution in [0.2, 0.25) is 0 Å². The fraction of sp³-hybridized carbons (Fsp3) is 0.636. The Labute approximate surface area is 84.8 Å². The normalized spacial score (nSPS) is 21.0. The van der Waals surface area contributed by atoms with Crippen LogP contribution in [0.3, 0.4) is 0 Å². The van der Waals surface area contributed by atoms with E-state index in [1.54, 1.807) is 0 Å². The maximum absolute atomic E-state index is 6.03. The Morgan fingerprint density at radius 2 is 2.29 bits per heavy atom. The maximum atomic E-state index is 6.03. The van der Waals surface area contributed by atoms with Gasteiger partial charge in [-0.25, -0.2) is 9.97 Å². The number of hydrogen-bond acceptors (Lipinski definition) is 3. The van der Waals surface area contributed by atoms with E-state index in [1.807, 2.05) is 6.20 Å². The third-order valence-electron chi connectivity index (χ3n) is 2.75. The molecule has 76 valence electrons. The van der Waals surface area contributed by atoms with E-state index < -0.39 is 0 Å². The Kier molecular flexibility index (Phi) is 2.50. The highest BCUT2D eigenvalue weighted by Gasteiger charge is 2.19. The average Bonchev–Trinajstić information content (AvgIpc) is 2.18. The maximum Gasteiger partial charge on any atom is 0.131 e. The molecular weight excluding hydrogens is 174 g/mol. The molecule has 1 aliphatic carbocycles. The molecule has 1 atom stereocenters. The van der Waals surface area contributed by atoms with E-state index >= 15 is 0 Å². The Bertz CT molecular complexity index is 333. The van der Waals surface area contributed by atoms with Crippen LogP contribution in [0.5, 0.6) is 0 Å². The van der Waals surface area contributed by atoms with E-state index in [-0.39, 0.29) is 6.04 Å². The molecule has 0 fully saturated rings. The summed E-state index contributed by atoms with van der Waals surface area (Å²) < 4.78 is 0. The van der Waals surface area contributed by atoms with Crippen molar-refractivity contribution in [3.05, 3.63) is 23.3 Å². The smallest absolute Gasteiger partial charge is 0.131 e. The third-order valence-corrected chi connectivity index (χ3v) is 2.75. The minimum Gasteiger partial charge on any atom is -0.323 e. The van der Waals surface area contributed by atoms with Crippen LogP contribution in [0.15, 0.2) is 6.20 Å². The Hall–Kier alpha value is -0.960. The number of aryl methyl sites for hydroxylation is 1. The second-order valence-corrected chi connectivity index (χ2v) is 4.29. The van der Waals surface area contributed by atoms with Gasteiger partial charge >= 0.3 is 0 Å². The van der Waals surface area contributed by atoms with Gasteiger partial charge in [-0.3, -0.25) is 0 Å². The predicted octanol–water partition coefficient (Wildman–Crippen LogP) is 1.94. The molecule has 14 heavy (non-hydrogen) atoms.